The molecule has 0 radical (unpaired) electrons. The van der Waals surface area contributed by atoms with Crippen molar-refractivity contribution in [3.05, 3.63) is 64.7 Å². The average molecular weight is 487 g/mol. The minimum atomic E-state index is -0.198. The van der Waals surface area contributed by atoms with Crippen LogP contribution in [-0.2, 0) is 4.84 Å². The molecule has 1 saturated heterocycles. The van der Waals surface area contributed by atoms with Crippen LogP contribution in [0, 0.1) is 5.92 Å². The van der Waals surface area contributed by atoms with Crippen LogP contribution in [0.15, 0.2) is 53.7 Å². The highest BCUT2D eigenvalue weighted by atomic mass is 35.5. The van der Waals surface area contributed by atoms with E-state index in [9.17, 15) is 5.11 Å². The summed E-state index contributed by atoms with van der Waals surface area (Å²) in [4.78, 5) is 7.50. The van der Waals surface area contributed by atoms with Crippen molar-refractivity contribution in [2.24, 2.45) is 11.1 Å². The first-order valence-electron chi connectivity index (χ1n) is 12.6. The molecule has 34 heavy (non-hydrogen) atoms. The van der Waals surface area contributed by atoms with Gasteiger partial charge in [-0.25, -0.2) is 0 Å². The molecule has 0 saturated carbocycles. The summed E-state index contributed by atoms with van der Waals surface area (Å²) in [7, 11) is 1.55. The molecule has 1 aliphatic heterocycles. The van der Waals surface area contributed by atoms with Gasteiger partial charge in [0, 0.05) is 22.7 Å². The summed E-state index contributed by atoms with van der Waals surface area (Å²) >= 11 is 6.04. The third-order valence-corrected chi connectivity index (χ3v) is 6.71. The monoisotopic (exact) mass is 486 g/mol. The molecule has 2 aromatic rings. The highest BCUT2D eigenvalue weighted by Gasteiger charge is 2.21. The third-order valence-electron chi connectivity index (χ3n) is 6.46. The van der Waals surface area contributed by atoms with E-state index >= 15 is 0 Å². The number of aliphatic hydroxyl groups excluding tert-OH is 1. The van der Waals surface area contributed by atoms with Crippen LogP contribution in [0.3, 0.4) is 0 Å². The molecule has 1 fully saturated rings. The number of unbranched alkanes of at least 4 members (excludes halogenated alkanes) is 3. The summed E-state index contributed by atoms with van der Waals surface area (Å²) < 4.78 is 6.18. The number of rotatable bonds is 13. The van der Waals surface area contributed by atoms with Gasteiger partial charge >= 0.3 is 0 Å². The molecular formula is C28H39ClN2O3. The van der Waals surface area contributed by atoms with Gasteiger partial charge in [0.05, 0.1) is 12.7 Å². The molecule has 0 amide bonds. The van der Waals surface area contributed by atoms with Crippen molar-refractivity contribution >= 4 is 17.3 Å². The molecular weight excluding hydrogens is 448 g/mol. The van der Waals surface area contributed by atoms with Crippen LogP contribution in [-0.4, -0.2) is 55.2 Å². The van der Waals surface area contributed by atoms with E-state index in [1.807, 2.05) is 48.5 Å². The molecule has 1 atom stereocenters. The van der Waals surface area contributed by atoms with Crippen molar-refractivity contribution < 1.29 is 14.7 Å². The van der Waals surface area contributed by atoms with Crippen LogP contribution in [0.5, 0.6) is 5.75 Å². The minimum Gasteiger partial charge on any atom is -0.493 e. The van der Waals surface area contributed by atoms with Crippen LogP contribution in [0.4, 0.5) is 0 Å². The predicted octanol–water partition coefficient (Wildman–Crippen LogP) is 6.16. The minimum absolute atomic E-state index is 0.198. The fourth-order valence-electron chi connectivity index (χ4n) is 4.45. The van der Waals surface area contributed by atoms with E-state index in [1.165, 1.54) is 19.3 Å². The van der Waals surface area contributed by atoms with Crippen LogP contribution >= 0.6 is 11.6 Å². The van der Waals surface area contributed by atoms with Gasteiger partial charge in [-0.05, 0) is 62.5 Å². The summed E-state index contributed by atoms with van der Waals surface area (Å²) in [5, 5.41) is 15.3. The predicted molar refractivity (Wildman–Crippen MR) is 140 cm³/mol. The third kappa shape index (κ3) is 8.61. The lowest BCUT2D eigenvalue weighted by Crippen LogP contribution is -2.40. The zero-order valence-electron chi connectivity index (χ0n) is 20.6. The average Bonchev–Trinajstić information content (AvgIpc) is 2.86. The number of hydrogen-bond acceptors (Lipinski definition) is 5. The summed E-state index contributed by atoms with van der Waals surface area (Å²) in [5.41, 5.74) is 2.61. The summed E-state index contributed by atoms with van der Waals surface area (Å²) in [5.74, 6) is 1.37. The van der Waals surface area contributed by atoms with E-state index in [4.69, 9.17) is 21.2 Å². The highest BCUT2D eigenvalue weighted by molar-refractivity contribution is 6.30. The number of benzene rings is 2. The SMILES string of the molecule is CCCCCC[C@@H](O)CN1CCC(COc2cccc(/C(=N/OC)c3ccc(Cl)cc3)c2)CC1. The molecule has 3 rings (SSSR count). The van der Waals surface area contributed by atoms with Gasteiger partial charge in [-0.15, -0.1) is 0 Å². The van der Waals surface area contributed by atoms with E-state index in [2.05, 4.69) is 17.0 Å². The molecule has 2 aromatic carbocycles. The van der Waals surface area contributed by atoms with Crippen molar-refractivity contribution in [2.75, 3.05) is 33.4 Å². The molecule has 186 valence electrons. The number of aliphatic hydroxyl groups is 1. The van der Waals surface area contributed by atoms with Crippen LogP contribution < -0.4 is 4.74 Å². The number of likely N-dealkylation sites (tertiary alicyclic amines) is 1. The first-order chi connectivity index (χ1) is 16.6. The number of halogens is 1. The largest absolute Gasteiger partial charge is 0.493 e. The number of piperidine rings is 1. The van der Waals surface area contributed by atoms with Gasteiger partial charge in [0.1, 0.15) is 18.6 Å². The molecule has 0 aliphatic carbocycles. The van der Waals surface area contributed by atoms with E-state index in [1.54, 1.807) is 7.11 Å². The Balaban J connectivity index is 1.47. The molecule has 1 heterocycles. The van der Waals surface area contributed by atoms with Gasteiger partial charge in [-0.1, -0.05) is 73.6 Å². The van der Waals surface area contributed by atoms with Gasteiger partial charge in [-0.2, -0.15) is 0 Å². The van der Waals surface area contributed by atoms with E-state index in [0.717, 1.165) is 67.9 Å². The Kier molecular flexibility index (Phi) is 11.2. The number of nitrogens with zero attached hydrogens (tertiary/aromatic N) is 2. The van der Waals surface area contributed by atoms with Gasteiger partial charge in [0.15, 0.2) is 0 Å². The molecule has 0 spiro atoms. The number of hydrogen-bond donors (Lipinski definition) is 1. The molecule has 6 heteroatoms. The fraction of sp³-hybridized carbons (Fsp3) is 0.536. The number of β-amino-alcohol motifs (C(OH)–C–C–N with tert-alkyl or cyclic N) is 1. The van der Waals surface area contributed by atoms with E-state index in [0.29, 0.717) is 17.5 Å². The molecule has 1 N–H and O–H groups in total. The normalized spacial score (nSPS) is 16.4. The maximum absolute atomic E-state index is 10.3. The Bertz CT molecular complexity index is 879. The lowest BCUT2D eigenvalue weighted by molar-refractivity contribution is 0.0735. The van der Waals surface area contributed by atoms with Gasteiger partial charge in [0.25, 0.3) is 0 Å². The Morgan fingerprint density at radius 3 is 2.56 bits per heavy atom. The Labute approximate surface area is 209 Å². The van der Waals surface area contributed by atoms with Crippen LogP contribution in [0.25, 0.3) is 0 Å². The second-order valence-electron chi connectivity index (χ2n) is 9.22. The molecule has 0 bridgehead atoms. The Hall–Kier alpha value is -2.08. The van der Waals surface area contributed by atoms with E-state index in [-0.39, 0.29) is 6.10 Å². The lowest BCUT2D eigenvalue weighted by atomic mass is 9.97. The van der Waals surface area contributed by atoms with E-state index < -0.39 is 0 Å². The maximum Gasteiger partial charge on any atom is 0.119 e. The number of ether oxygens (including phenoxy) is 1. The quantitative estimate of drug-likeness (QED) is 0.209. The smallest absolute Gasteiger partial charge is 0.119 e. The Morgan fingerprint density at radius 1 is 1.09 bits per heavy atom. The van der Waals surface area contributed by atoms with Crippen molar-refractivity contribution in [3.8, 4) is 5.75 Å². The maximum atomic E-state index is 10.3. The molecule has 5 nitrogen and oxygen atoms in total. The molecule has 0 aromatic heterocycles. The fourth-order valence-corrected chi connectivity index (χ4v) is 4.58. The second kappa shape index (κ2) is 14.3. The second-order valence-corrected chi connectivity index (χ2v) is 9.65. The zero-order chi connectivity index (χ0) is 24.2. The van der Waals surface area contributed by atoms with Crippen molar-refractivity contribution in [1.29, 1.82) is 0 Å². The van der Waals surface area contributed by atoms with Crippen molar-refractivity contribution in [1.82, 2.24) is 4.90 Å². The molecule has 0 unspecified atom stereocenters. The molecule has 1 aliphatic rings. The zero-order valence-corrected chi connectivity index (χ0v) is 21.3. The topological polar surface area (TPSA) is 54.3 Å². The summed E-state index contributed by atoms with van der Waals surface area (Å²) in [6.07, 6.45) is 7.79. The van der Waals surface area contributed by atoms with Crippen molar-refractivity contribution in [3.63, 3.8) is 0 Å². The first kappa shape index (κ1) is 26.5. The summed E-state index contributed by atoms with van der Waals surface area (Å²) in [6.45, 7) is 5.78. The lowest BCUT2D eigenvalue weighted by Gasteiger charge is -2.33. The Morgan fingerprint density at radius 2 is 1.85 bits per heavy atom. The highest BCUT2D eigenvalue weighted by Crippen LogP contribution is 2.23. The standard InChI is InChI=1S/C28H39ClN2O3/c1-3-4-5-6-9-26(32)20-31-17-15-22(16-18-31)21-34-27-10-7-8-24(19-27)28(30-33-2)23-11-13-25(29)14-12-23/h7-8,10-14,19,22,26,32H,3-6,9,15-18,20-21H2,1-2H3/b30-28+/t26-/m1/s1. The van der Waals surface area contributed by atoms with Crippen LogP contribution in [0.2, 0.25) is 5.02 Å². The number of oxime groups is 1. The van der Waals surface area contributed by atoms with Gasteiger partial charge < -0.3 is 19.6 Å². The van der Waals surface area contributed by atoms with Crippen molar-refractivity contribution in [2.45, 2.75) is 58.0 Å². The van der Waals surface area contributed by atoms with Crippen LogP contribution in [0.1, 0.15) is 63.0 Å². The summed E-state index contributed by atoms with van der Waals surface area (Å²) in [6, 6.07) is 15.5. The first-order valence-corrected chi connectivity index (χ1v) is 13.0. The van der Waals surface area contributed by atoms with Gasteiger partial charge in [-0.3, -0.25) is 0 Å². The van der Waals surface area contributed by atoms with Gasteiger partial charge in [0.2, 0.25) is 0 Å².